The fourth-order valence-corrected chi connectivity index (χ4v) is 9.01. The van der Waals surface area contributed by atoms with Crippen molar-refractivity contribution in [1.29, 1.82) is 0 Å². The minimum Gasteiger partial charge on any atom is -0.308 e. The molecule has 2 bridgehead atoms. The molecule has 3 atom stereocenters. The molecule has 3 aliphatic carbocycles. The van der Waals surface area contributed by atoms with E-state index in [0.717, 1.165) is 56.3 Å². The molecule has 40 heavy (non-hydrogen) atoms. The predicted molar refractivity (Wildman–Crippen MR) is 154 cm³/mol. The monoisotopic (exact) mass is 564 g/mol. The number of carbonyl (C=O) groups excluding carboxylic acids is 3. The Morgan fingerprint density at radius 2 is 1.45 bits per heavy atom. The molecule has 3 saturated carbocycles. The topological polar surface area (TPSA) is 91.8 Å². The molecular weight excluding hydrogens is 524 g/mol. The van der Waals surface area contributed by atoms with Crippen molar-refractivity contribution in [2.24, 2.45) is 22.7 Å². The van der Waals surface area contributed by atoms with Crippen molar-refractivity contribution in [2.45, 2.75) is 83.1 Å². The van der Waals surface area contributed by atoms with E-state index in [0.29, 0.717) is 11.6 Å². The van der Waals surface area contributed by atoms with E-state index in [1.165, 1.54) is 24.3 Å². The van der Waals surface area contributed by atoms with Gasteiger partial charge in [-0.15, -0.1) is 0 Å². The Kier molecular flexibility index (Phi) is 7.68. The standard InChI is InChI=1S/C32H40N2O5S/c1-31(2)23-19-20-32(3,21-23)28(31)29(36)33(30(37)40(38,39)26-17-11-6-12-18-26)22-27(35)34(24-13-7-4-8-14-24)25-15-9-5-10-16-25/h4,6-8,11-14,17-18,23,25,28H,5,9-10,15-16,19-22H2,1-3H3. The maximum Gasteiger partial charge on any atom is 0.350 e. The summed E-state index contributed by atoms with van der Waals surface area (Å²) < 4.78 is 27.1. The van der Waals surface area contributed by atoms with Crippen LogP contribution in [0.15, 0.2) is 65.6 Å². The van der Waals surface area contributed by atoms with Crippen LogP contribution in [0.25, 0.3) is 0 Å². The van der Waals surface area contributed by atoms with Crippen LogP contribution in [0.5, 0.6) is 0 Å². The second kappa shape index (κ2) is 10.8. The predicted octanol–water partition coefficient (Wildman–Crippen LogP) is 6.24. The SMILES string of the molecule is CC12CCC(C1)C(C)(C)C2C(=O)N(CC(=O)N(c1ccccc1)C1CCCCC1)C(=O)S(=O)(=O)c1ccccc1. The van der Waals surface area contributed by atoms with Gasteiger partial charge in [-0.3, -0.25) is 19.3 Å². The molecule has 3 amide bonds. The molecule has 3 unspecified atom stereocenters. The first-order valence-corrected chi connectivity index (χ1v) is 16.0. The van der Waals surface area contributed by atoms with Gasteiger partial charge in [-0.25, -0.2) is 8.42 Å². The van der Waals surface area contributed by atoms with Crippen LogP contribution in [0, 0.1) is 22.7 Å². The average molecular weight is 565 g/mol. The first-order chi connectivity index (χ1) is 19.0. The minimum atomic E-state index is -4.55. The van der Waals surface area contributed by atoms with Gasteiger partial charge in [-0.05, 0) is 73.1 Å². The Hall–Kier alpha value is -3.00. The zero-order valence-corrected chi connectivity index (χ0v) is 24.5. The zero-order valence-electron chi connectivity index (χ0n) is 23.7. The van der Waals surface area contributed by atoms with Gasteiger partial charge >= 0.3 is 5.24 Å². The highest BCUT2D eigenvalue weighted by molar-refractivity contribution is 8.06. The Balaban J connectivity index is 1.54. The van der Waals surface area contributed by atoms with Gasteiger partial charge in [0.05, 0.1) is 4.90 Å². The van der Waals surface area contributed by atoms with E-state index in [9.17, 15) is 22.8 Å². The Labute approximate surface area is 237 Å². The number of imide groups is 1. The number of amides is 3. The summed E-state index contributed by atoms with van der Waals surface area (Å²) >= 11 is 0. The van der Waals surface area contributed by atoms with E-state index >= 15 is 0 Å². The Bertz CT molecular complexity index is 1360. The van der Waals surface area contributed by atoms with Gasteiger partial charge in [-0.1, -0.05) is 76.4 Å². The Morgan fingerprint density at radius 1 is 0.850 bits per heavy atom. The van der Waals surface area contributed by atoms with E-state index in [1.807, 2.05) is 44.2 Å². The number of sulfone groups is 1. The lowest BCUT2D eigenvalue weighted by Gasteiger charge is -2.43. The molecule has 0 aromatic heterocycles. The summed E-state index contributed by atoms with van der Waals surface area (Å²) in [4.78, 5) is 44.7. The molecule has 0 heterocycles. The van der Waals surface area contributed by atoms with Crippen molar-refractivity contribution in [3.05, 3.63) is 60.7 Å². The lowest BCUT2D eigenvalue weighted by molar-refractivity contribution is -0.143. The highest BCUT2D eigenvalue weighted by Crippen LogP contribution is 2.66. The summed E-state index contributed by atoms with van der Waals surface area (Å²) in [5.41, 5.74) is -0.0615. The van der Waals surface area contributed by atoms with Crippen LogP contribution in [0.2, 0.25) is 0 Å². The molecule has 0 saturated heterocycles. The number of rotatable bonds is 6. The smallest absolute Gasteiger partial charge is 0.308 e. The molecule has 0 N–H and O–H groups in total. The summed E-state index contributed by atoms with van der Waals surface area (Å²) in [5, 5.41) is -1.32. The highest BCUT2D eigenvalue weighted by atomic mass is 32.2. The van der Waals surface area contributed by atoms with Gasteiger partial charge in [0.2, 0.25) is 11.8 Å². The summed E-state index contributed by atoms with van der Waals surface area (Å²) in [6.45, 7) is 5.54. The van der Waals surface area contributed by atoms with Crippen LogP contribution in [-0.4, -0.2) is 43.0 Å². The number of para-hydroxylation sites is 1. The van der Waals surface area contributed by atoms with Gasteiger partial charge in [0.25, 0.3) is 9.84 Å². The Morgan fingerprint density at radius 3 is 2.02 bits per heavy atom. The van der Waals surface area contributed by atoms with Crippen LogP contribution in [0.4, 0.5) is 10.5 Å². The van der Waals surface area contributed by atoms with Gasteiger partial charge in [0.1, 0.15) is 6.54 Å². The van der Waals surface area contributed by atoms with Crippen LogP contribution < -0.4 is 4.90 Å². The second-order valence-corrected chi connectivity index (χ2v) is 14.6. The molecule has 214 valence electrons. The lowest BCUT2D eigenvalue weighted by Crippen LogP contribution is -2.55. The molecule has 0 aliphatic heterocycles. The van der Waals surface area contributed by atoms with E-state index in [2.05, 4.69) is 6.92 Å². The minimum absolute atomic E-state index is 0.0714. The van der Waals surface area contributed by atoms with E-state index < -0.39 is 44.8 Å². The summed E-state index contributed by atoms with van der Waals surface area (Å²) in [6, 6.07) is 16.6. The molecule has 8 heteroatoms. The highest BCUT2D eigenvalue weighted by Gasteiger charge is 2.63. The number of fused-ring (bicyclic) bond motifs is 2. The number of anilines is 1. The first-order valence-electron chi connectivity index (χ1n) is 14.5. The average Bonchev–Trinajstić information content (AvgIpc) is 3.44. The lowest BCUT2D eigenvalue weighted by atomic mass is 9.63. The second-order valence-electron chi connectivity index (χ2n) is 12.7. The third-order valence-corrected chi connectivity index (χ3v) is 11.4. The largest absolute Gasteiger partial charge is 0.350 e. The van der Waals surface area contributed by atoms with Gasteiger partial charge < -0.3 is 4.90 Å². The summed E-state index contributed by atoms with van der Waals surface area (Å²) in [5.74, 6) is -1.23. The van der Waals surface area contributed by atoms with Crippen LogP contribution in [0.3, 0.4) is 0 Å². The van der Waals surface area contributed by atoms with Crippen molar-refractivity contribution >= 4 is 32.6 Å². The van der Waals surface area contributed by atoms with Crippen molar-refractivity contribution in [3.8, 4) is 0 Å². The number of carbonyl (C=O) groups is 3. The van der Waals surface area contributed by atoms with Crippen LogP contribution in [-0.2, 0) is 19.4 Å². The van der Waals surface area contributed by atoms with Crippen molar-refractivity contribution in [1.82, 2.24) is 4.90 Å². The fourth-order valence-electron chi connectivity index (χ4n) is 7.85. The van der Waals surface area contributed by atoms with Crippen molar-refractivity contribution in [2.75, 3.05) is 11.4 Å². The molecule has 5 rings (SSSR count). The quantitative estimate of drug-likeness (QED) is 0.414. The van der Waals surface area contributed by atoms with Gasteiger partial charge in [-0.2, -0.15) is 0 Å². The number of hydrogen-bond donors (Lipinski definition) is 0. The molecule has 3 fully saturated rings. The number of nitrogens with zero attached hydrogens (tertiary/aromatic N) is 2. The van der Waals surface area contributed by atoms with Crippen molar-refractivity contribution < 1.29 is 22.8 Å². The molecule has 0 spiro atoms. The molecule has 0 radical (unpaired) electrons. The molecular formula is C32H40N2O5S. The zero-order chi connectivity index (χ0) is 28.7. The first kappa shape index (κ1) is 28.5. The molecule has 2 aromatic carbocycles. The van der Waals surface area contributed by atoms with E-state index in [-0.39, 0.29) is 16.4 Å². The van der Waals surface area contributed by atoms with Gasteiger partial charge in [0, 0.05) is 17.6 Å². The summed E-state index contributed by atoms with van der Waals surface area (Å²) in [7, 11) is -4.55. The van der Waals surface area contributed by atoms with E-state index in [4.69, 9.17) is 0 Å². The van der Waals surface area contributed by atoms with E-state index in [1.54, 1.807) is 11.0 Å². The molecule has 2 aromatic rings. The number of hydrogen-bond acceptors (Lipinski definition) is 5. The number of benzene rings is 2. The summed E-state index contributed by atoms with van der Waals surface area (Å²) in [6.07, 6.45) is 7.42. The fraction of sp³-hybridized carbons (Fsp3) is 0.531. The molecule has 7 nitrogen and oxygen atoms in total. The maximum absolute atomic E-state index is 14.4. The van der Waals surface area contributed by atoms with Gasteiger partial charge in [0.15, 0.2) is 0 Å². The third kappa shape index (κ3) is 5.00. The van der Waals surface area contributed by atoms with Crippen molar-refractivity contribution in [3.63, 3.8) is 0 Å². The third-order valence-electron chi connectivity index (χ3n) is 9.82. The normalized spacial score (nSPS) is 25.9. The molecule has 3 aliphatic rings. The maximum atomic E-state index is 14.4. The van der Waals surface area contributed by atoms with Crippen LogP contribution in [0.1, 0.15) is 72.1 Å². The van der Waals surface area contributed by atoms with Crippen LogP contribution >= 0.6 is 0 Å².